The zero-order valence-corrected chi connectivity index (χ0v) is 8.71. The van der Waals surface area contributed by atoms with E-state index < -0.39 is 0 Å². The average molecular weight is 209 g/mol. The van der Waals surface area contributed by atoms with Crippen LogP contribution in [0.15, 0.2) is 18.2 Å². The highest BCUT2D eigenvalue weighted by Gasteiger charge is 2.21. The maximum Gasteiger partial charge on any atom is 0.165 e. The third-order valence-corrected chi connectivity index (χ3v) is 2.74. The van der Waals surface area contributed by atoms with Crippen LogP contribution in [0.4, 0.5) is 4.39 Å². The summed E-state index contributed by atoms with van der Waals surface area (Å²) in [7, 11) is 0. The molecule has 2 rings (SSSR count). The van der Waals surface area contributed by atoms with E-state index in [1.165, 1.54) is 18.9 Å². The molecule has 2 N–H and O–H groups in total. The lowest BCUT2D eigenvalue weighted by molar-refractivity contribution is 0.285. The molecule has 15 heavy (non-hydrogen) atoms. The normalized spacial score (nSPS) is 15.3. The average Bonchev–Trinajstić information content (AvgIpc) is 3.04. The zero-order chi connectivity index (χ0) is 10.7. The molecular formula is C12H16FNO. The molecule has 82 valence electrons. The molecule has 1 aliphatic carbocycles. The molecule has 0 atom stereocenters. The van der Waals surface area contributed by atoms with Crippen LogP contribution in [0.25, 0.3) is 0 Å². The Morgan fingerprint density at radius 2 is 2.20 bits per heavy atom. The largest absolute Gasteiger partial charge is 0.490 e. The van der Waals surface area contributed by atoms with E-state index in [1.807, 2.05) is 0 Å². The molecule has 0 bridgehead atoms. The van der Waals surface area contributed by atoms with Gasteiger partial charge in [0.2, 0.25) is 0 Å². The molecule has 0 saturated heterocycles. The molecule has 2 nitrogen and oxygen atoms in total. The van der Waals surface area contributed by atoms with E-state index in [1.54, 1.807) is 12.1 Å². The van der Waals surface area contributed by atoms with Gasteiger partial charge in [-0.05, 0) is 18.4 Å². The number of hydrogen-bond donors (Lipinski definition) is 1. The summed E-state index contributed by atoms with van der Waals surface area (Å²) in [6.45, 7) is 0.912. The Morgan fingerprint density at radius 1 is 1.40 bits per heavy atom. The SMILES string of the molecule is NCc1cccc(F)c1OCCC1CC1. The van der Waals surface area contributed by atoms with Crippen LogP contribution in [0, 0.1) is 11.7 Å². The van der Waals surface area contributed by atoms with Gasteiger partial charge < -0.3 is 10.5 Å². The standard InChI is InChI=1S/C12H16FNO/c13-11-3-1-2-10(8-14)12(11)15-7-6-9-4-5-9/h1-3,9H,4-8,14H2. The summed E-state index contributed by atoms with van der Waals surface area (Å²) in [6.07, 6.45) is 3.62. The van der Waals surface area contributed by atoms with Crippen molar-refractivity contribution in [2.45, 2.75) is 25.8 Å². The maximum absolute atomic E-state index is 13.4. The van der Waals surface area contributed by atoms with E-state index in [2.05, 4.69) is 0 Å². The van der Waals surface area contributed by atoms with Gasteiger partial charge in [-0.2, -0.15) is 0 Å². The fraction of sp³-hybridized carbons (Fsp3) is 0.500. The minimum absolute atomic E-state index is 0.311. The monoisotopic (exact) mass is 209 g/mol. The Bertz CT molecular complexity index is 336. The van der Waals surface area contributed by atoms with Crippen molar-refractivity contribution in [1.82, 2.24) is 0 Å². The number of benzene rings is 1. The van der Waals surface area contributed by atoms with Crippen LogP contribution >= 0.6 is 0 Å². The Morgan fingerprint density at radius 3 is 2.87 bits per heavy atom. The van der Waals surface area contributed by atoms with Crippen molar-refractivity contribution < 1.29 is 9.13 Å². The number of halogens is 1. The Hall–Kier alpha value is -1.09. The van der Waals surface area contributed by atoms with Crippen molar-refractivity contribution in [2.24, 2.45) is 11.7 Å². The number of hydrogen-bond acceptors (Lipinski definition) is 2. The molecule has 0 aliphatic heterocycles. The van der Waals surface area contributed by atoms with Gasteiger partial charge in [0, 0.05) is 12.1 Å². The van der Waals surface area contributed by atoms with Gasteiger partial charge in [-0.3, -0.25) is 0 Å². The molecule has 1 aromatic rings. The second-order valence-electron chi connectivity index (χ2n) is 4.01. The third kappa shape index (κ3) is 2.69. The molecule has 3 heteroatoms. The van der Waals surface area contributed by atoms with Gasteiger partial charge in [0.05, 0.1) is 6.61 Å². The first-order valence-corrected chi connectivity index (χ1v) is 5.41. The van der Waals surface area contributed by atoms with Gasteiger partial charge in [-0.25, -0.2) is 4.39 Å². The summed E-state index contributed by atoms with van der Waals surface area (Å²) in [5, 5.41) is 0. The summed E-state index contributed by atoms with van der Waals surface area (Å²) in [5.74, 6) is 0.826. The van der Waals surface area contributed by atoms with Crippen molar-refractivity contribution in [3.8, 4) is 5.75 Å². The fourth-order valence-electron chi connectivity index (χ4n) is 1.61. The molecule has 0 radical (unpaired) electrons. The van der Waals surface area contributed by atoms with Crippen LogP contribution in [0.3, 0.4) is 0 Å². The topological polar surface area (TPSA) is 35.2 Å². The van der Waals surface area contributed by atoms with Crippen LogP contribution < -0.4 is 10.5 Å². The summed E-state index contributed by atoms with van der Waals surface area (Å²) < 4.78 is 18.9. The molecule has 0 amide bonds. The predicted octanol–water partition coefficient (Wildman–Crippen LogP) is 2.46. The first-order chi connectivity index (χ1) is 7.31. The van der Waals surface area contributed by atoms with Gasteiger partial charge >= 0.3 is 0 Å². The lowest BCUT2D eigenvalue weighted by Crippen LogP contribution is -2.06. The fourth-order valence-corrected chi connectivity index (χ4v) is 1.61. The van der Waals surface area contributed by atoms with Crippen molar-refractivity contribution in [3.63, 3.8) is 0 Å². The molecule has 0 spiro atoms. The molecule has 1 fully saturated rings. The lowest BCUT2D eigenvalue weighted by Gasteiger charge is -2.10. The third-order valence-electron chi connectivity index (χ3n) is 2.74. The number of ether oxygens (including phenoxy) is 1. The van der Waals surface area contributed by atoms with Crippen LogP contribution in [-0.2, 0) is 6.54 Å². The Balaban J connectivity index is 1.97. The van der Waals surface area contributed by atoms with Crippen LogP contribution in [0.1, 0.15) is 24.8 Å². The number of nitrogens with two attached hydrogens (primary N) is 1. The van der Waals surface area contributed by atoms with Gasteiger partial charge in [-0.15, -0.1) is 0 Å². The molecule has 1 aliphatic rings. The highest BCUT2D eigenvalue weighted by molar-refractivity contribution is 5.34. The van der Waals surface area contributed by atoms with E-state index in [0.717, 1.165) is 17.9 Å². The second kappa shape index (κ2) is 4.62. The highest BCUT2D eigenvalue weighted by atomic mass is 19.1. The minimum Gasteiger partial charge on any atom is -0.490 e. The quantitative estimate of drug-likeness (QED) is 0.808. The minimum atomic E-state index is -0.311. The summed E-state index contributed by atoms with van der Waals surface area (Å²) >= 11 is 0. The van der Waals surface area contributed by atoms with Crippen molar-refractivity contribution in [2.75, 3.05) is 6.61 Å². The second-order valence-corrected chi connectivity index (χ2v) is 4.01. The molecule has 0 heterocycles. The smallest absolute Gasteiger partial charge is 0.165 e. The maximum atomic E-state index is 13.4. The van der Waals surface area contributed by atoms with Crippen LogP contribution in [-0.4, -0.2) is 6.61 Å². The predicted molar refractivity (Wildman–Crippen MR) is 57.1 cm³/mol. The number of para-hydroxylation sites is 1. The molecule has 1 aromatic carbocycles. The Labute approximate surface area is 89.2 Å². The summed E-state index contributed by atoms with van der Waals surface area (Å²) in [6, 6.07) is 4.87. The van der Waals surface area contributed by atoms with E-state index in [9.17, 15) is 4.39 Å². The van der Waals surface area contributed by atoms with Crippen molar-refractivity contribution in [1.29, 1.82) is 0 Å². The van der Waals surface area contributed by atoms with Gasteiger partial charge in [0.1, 0.15) is 0 Å². The molecule has 0 aromatic heterocycles. The first kappa shape index (κ1) is 10.4. The van der Waals surface area contributed by atoms with E-state index in [0.29, 0.717) is 18.9 Å². The van der Waals surface area contributed by atoms with Gasteiger partial charge in [0.15, 0.2) is 11.6 Å². The summed E-state index contributed by atoms with van der Waals surface area (Å²) in [5.41, 5.74) is 6.26. The van der Waals surface area contributed by atoms with Gasteiger partial charge in [0.25, 0.3) is 0 Å². The van der Waals surface area contributed by atoms with Crippen molar-refractivity contribution in [3.05, 3.63) is 29.6 Å². The van der Waals surface area contributed by atoms with E-state index >= 15 is 0 Å². The van der Waals surface area contributed by atoms with Crippen LogP contribution in [0.5, 0.6) is 5.75 Å². The van der Waals surface area contributed by atoms with Crippen molar-refractivity contribution >= 4 is 0 Å². The number of rotatable bonds is 5. The Kier molecular flexibility index (Phi) is 3.21. The molecular weight excluding hydrogens is 193 g/mol. The first-order valence-electron chi connectivity index (χ1n) is 5.41. The summed E-state index contributed by atoms with van der Waals surface area (Å²) in [4.78, 5) is 0. The zero-order valence-electron chi connectivity index (χ0n) is 8.71. The van der Waals surface area contributed by atoms with Gasteiger partial charge in [-0.1, -0.05) is 25.0 Å². The van der Waals surface area contributed by atoms with E-state index in [-0.39, 0.29) is 5.82 Å². The molecule has 0 unspecified atom stereocenters. The molecule has 1 saturated carbocycles. The van der Waals surface area contributed by atoms with E-state index in [4.69, 9.17) is 10.5 Å². The van der Waals surface area contributed by atoms with Crippen LogP contribution in [0.2, 0.25) is 0 Å². The lowest BCUT2D eigenvalue weighted by atomic mass is 10.2. The highest BCUT2D eigenvalue weighted by Crippen LogP contribution is 2.32.